The van der Waals surface area contributed by atoms with Crippen molar-refractivity contribution in [3.63, 3.8) is 0 Å². The molecule has 49 heavy (non-hydrogen) atoms. The highest BCUT2D eigenvalue weighted by Gasteiger charge is 2.35. The molecule has 0 aliphatic carbocycles. The molecule has 3 aliphatic rings. The zero-order valence-corrected chi connectivity index (χ0v) is 28.9. The van der Waals surface area contributed by atoms with E-state index in [9.17, 15) is 10.1 Å². The Morgan fingerprint density at radius 1 is 1.16 bits per heavy atom. The van der Waals surface area contributed by atoms with Crippen molar-refractivity contribution in [1.82, 2.24) is 24.8 Å². The molecule has 2 saturated heterocycles. The molecule has 0 bridgehead atoms. The third kappa shape index (κ3) is 6.16. The Morgan fingerprint density at radius 2 is 1.96 bits per heavy atom. The molecule has 15 heteroatoms. The molecule has 3 aliphatic heterocycles. The van der Waals surface area contributed by atoms with E-state index in [2.05, 4.69) is 43.1 Å². The first-order chi connectivity index (χ1) is 23.5. The zero-order chi connectivity index (χ0) is 34.6. The van der Waals surface area contributed by atoms with Gasteiger partial charge in [-0.2, -0.15) is 5.26 Å². The quantitative estimate of drug-likeness (QED) is 0.284. The van der Waals surface area contributed by atoms with Crippen molar-refractivity contribution in [2.24, 2.45) is 0 Å². The first-order valence-corrected chi connectivity index (χ1v) is 17.1. The number of methoxy groups -OCH3 is 1. The maximum Gasteiger partial charge on any atom is 0.412 e. The number of amides is 1. The van der Waals surface area contributed by atoms with Crippen molar-refractivity contribution in [3.8, 4) is 17.3 Å². The van der Waals surface area contributed by atoms with Crippen LogP contribution in [0.2, 0.25) is 0 Å². The van der Waals surface area contributed by atoms with E-state index in [1.165, 1.54) is 0 Å². The fourth-order valence-electron chi connectivity index (χ4n) is 7.05. The molecule has 7 rings (SSSR count). The monoisotopic (exact) mass is 692 g/mol. The number of pyridine rings is 1. The average molecular weight is 693 g/mol. The molecule has 6 heterocycles. The van der Waals surface area contributed by atoms with Crippen LogP contribution in [0.25, 0.3) is 32.2 Å². The van der Waals surface area contributed by atoms with Crippen molar-refractivity contribution in [2.45, 2.75) is 58.1 Å². The molecule has 1 N–H and O–H groups in total. The van der Waals surface area contributed by atoms with Gasteiger partial charge in [0.1, 0.15) is 22.2 Å². The van der Waals surface area contributed by atoms with Crippen LogP contribution in [0.1, 0.15) is 43.9 Å². The van der Waals surface area contributed by atoms with Gasteiger partial charge in [0, 0.05) is 74.5 Å². The van der Waals surface area contributed by atoms with Gasteiger partial charge in [0.25, 0.3) is 0 Å². The highest BCUT2D eigenvalue weighted by Crippen LogP contribution is 2.46. The molecule has 258 valence electrons. The summed E-state index contributed by atoms with van der Waals surface area (Å²) in [5, 5.41) is 13.5. The van der Waals surface area contributed by atoms with Crippen molar-refractivity contribution in [1.29, 1.82) is 5.26 Å². The SMILES string of the molecule is COC[C@H]1CN([C@@H]2CCN(c3ncc4c5c(c(-c6ncc(F)c7sc(NC(=O)OC(C)(C)C)c(C#N)c67)c(F)c4n3)COC5)C2)CCN1C. The van der Waals surface area contributed by atoms with Crippen LogP contribution in [0.15, 0.2) is 12.4 Å². The van der Waals surface area contributed by atoms with E-state index in [1.54, 1.807) is 34.1 Å². The van der Waals surface area contributed by atoms with Crippen LogP contribution >= 0.6 is 11.3 Å². The standard InChI is InChI=1S/C34H38F2N8O4S/c1-34(2,3)48-33(45)41-31-20(10-37)26-29(38-12-24(35)30(26)49-31)25-23-17-47-16-22(23)21-11-39-32(40-28(21)27(25)36)44-7-6-18(13-44)43-9-8-42(4)19(14-43)15-46-5/h11-12,18-19H,6-9,13-17H2,1-5H3,(H,41,45)/t18-,19-/m1/s1. The van der Waals surface area contributed by atoms with E-state index in [-0.39, 0.29) is 50.6 Å². The number of fused-ring (bicyclic) bond motifs is 4. The number of ether oxygens (including phenoxy) is 3. The summed E-state index contributed by atoms with van der Waals surface area (Å²) in [5.74, 6) is -0.929. The molecule has 0 spiro atoms. The summed E-state index contributed by atoms with van der Waals surface area (Å²) in [5.41, 5.74) is 0.697. The Labute approximate surface area is 286 Å². The highest BCUT2D eigenvalue weighted by atomic mass is 32.1. The number of carbonyl (C=O) groups excluding carboxylic acids is 1. The normalized spacial score (nSPS) is 20.2. The summed E-state index contributed by atoms with van der Waals surface area (Å²) >= 11 is 0.866. The fourth-order valence-corrected chi connectivity index (χ4v) is 8.09. The van der Waals surface area contributed by atoms with Crippen LogP contribution in [-0.4, -0.2) is 102 Å². The number of thiophene rings is 1. The van der Waals surface area contributed by atoms with E-state index in [0.29, 0.717) is 42.1 Å². The van der Waals surface area contributed by atoms with E-state index in [1.807, 2.05) is 0 Å². The molecule has 0 radical (unpaired) electrons. The van der Waals surface area contributed by atoms with Crippen molar-refractivity contribution in [3.05, 3.63) is 40.7 Å². The maximum atomic E-state index is 17.0. The second-order valence-corrected chi connectivity index (χ2v) is 14.8. The minimum absolute atomic E-state index is 0.0387. The van der Waals surface area contributed by atoms with Gasteiger partial charge in [-0.3, -0.25) is 20.1 Å². The second-order valence-electron chi connectivity index (χ2n) is 13.7. The third-order valence-electron chi connectivity index (χ3n) is 9.45. The van der Waals surface area contributed by atoms with Gasteiger partial charge < -0.3 is 19.1 Å². The Morgan fingerprint density at radius 3 is 2.71 bits per heavy atom. The molecule has 3 aromatic heterocycles. The number of nitriles is 1. The van der Waals surface area contributed by atoms with Gasteiger partial charge in [0.05, 0.1) is 42.0 Å². The van der Waals surface area contributed by atoms with Crippen LogP contribution in [0.5, 0.6) is 0 Å². The number of rotatable bonds is 6. The Hall–Kier alpha value is -4.07. The van der Waals surface area contributed by atoms with Crippen LogP contribution in [0.3, 0.4) is 0 Å². The van der Waals surface area contributed by atoms with Gasteiger partial charge in [0.2, 0.25) is 5.95 Å². The van der Waals surface area contributed by atoms with E-state index < -0.39 is 23.3 Å². The number of hydrogen-bond acceptors (Lipinski definition) is 12. The number of anilines is 2. The lowest BCUT2D eigenvalue weighted by Gasteiger charge is -2.41. The highest BCUT2D eigenvalue weighted by molar-refractivity contribution is 7.23. The predicted octanol–water partition coefficient (Wildman–Crippen LogP) is 5.27. The van der Waals surface area contributed by atoms with Crippen molar-refractivity contribution in [2.75, 3.05) is 63.7 Å². The van der Waals surface area contributed by atoms with Crippen molar-refractivity contribution < 1.29 is 27.8 Å². The van der Waals surface area contributed by atoms with Crippen LogP contribution < -0.4 is 10.2 Å². The van der Waals surface area contributed by atoms with Gasteiger partial charge in [-0.25, -0.2) is 23.5 Å². The van der Waals surface area contributed by atoms with E-state index >= 15 is 8.78 Å². The molecule has 0 unspecified atom stereocenters. The Kier molecular flexibility index (Phi) is 8.87. The van der Waals surface area contributed by atoms with E-state index in [0.717, 1.165) is 55.7 Å². The Balaban J connectivity index is 1.27. The number of piperazine rings is 1. The summed E-state index contributed by atoms with van der Waals surface area (Å²) in [6, 6.07) is 2.70. The molecule has 0 saturated carbocycles. The lowest BCUT2D eigenvalue weighted by atomic mass is 9.94. The average Bonchev–Trinajstić information content (AvgIpc) is 3.82. The maximum absolute atomic E-state index is 17.0. The molecule has 12 nitrogen and oxygen atoms in total. The summed E-state index contributed by atoms with van der Waals surface area (Å²) in [4.78, 5) is 33.3. The van der Waals surface area contributed by atoms with Gasteiger partial charge in [0.15, 0.2) is 11.6 Å². The van der Waals surface area contributed by atoms with Gasteiger partial charge in [-0.1, -0.05) is 0 Å². The number of nitrogens with zero attached hydrogens (tertiary/aromatic N) is 7. The second kappa shape index (κ2) is 13.0. The van der Waals surface area contributed by atoms with E-state index in [4.69, 9.17) is 19.2 Å². The van der Waals surface area contributed by atoms with Crippen molar-refractivity contribution >= 4 is 49.4 Å². The molecular weight excluding hydrogens is 654 g/mol. The number of nitrogens with one attached hydrogen (secondary N) is 1. The van der Waals surface area contributed by atoms with Gasteiger partial charge >= 0.3 is 6.09 Å². The Bertz CT molecular complexity index is 1990. The number of hydrogen-bond donors (Lipinski definition) is 1. The minimum atomic E-state index is -0.799. The molecule has 1 amide bonds. The smallest absolute Gasteiger partial charge is 0.412 e. The number of carbonyl (C=O) groups is 1. The zero-order valence-electron chi connectivity index (χ0n) is 28.1. The number of aromatic nitrogens is 3. The largest absolute Gasteiger partial charge is 0.444 e. The lowest BCUT2D eigenvalue weighted by molar-refractivity contribution is 0.0260. The predicted molar refractivity (Wildman–Crippen MR) is 182 cm³/mol. The number of likely N-dealkylation sites (N-methyl/N-ethyl adjacent to an activating group) is 1. The molecule has 4 aromatic rings. The molecular formula is C34H38F2N8O4S. The molecule has 2 fully saturated rings. The summed E-state index contributed by atoms with van der Waals surface area (Å²) in [6.45, 7) is 10.4. The van der Waals surface area contributed by atoms with Gasteiger partial charge in [-0.15, -0.1) is 11.3 Å². The first-order valence-electron chi connectivity index (χ1n) is 16.2. The summed E-state index contributed by atoms with van der Waals surface area (Å²) in [7, 11) is 3.85. The molecule has 1 aromatic carbocycles. The summed E-state index contributed by atoms with van der Waals surface area (Å²) < 4.78 is 48.9. The van der Waals surface area contributed by atoms with Crippen LogP contribution in [0, 0.1) is 23.0 Å². The summed E-state index contributed by atoms with van der Waals surface area (Å²) in [6.07, 6.45) is 2.79. The number of halogens is 2. The number of benzene rings is 1. The minimum Gasteiger partial charge on any atom is -0.444 e. The van der Waals surface area contributed by atoms with Gasteiger partial charge in [-0.05, 0) is 45.4 Å². The topological polar surface area (TPSA) is 129 Å². The third-order valence-corrected chi connectivity index (χ3v) is 10.6. The van der Waals surface area contributed by atoms with Crippen LogP contribution in [0.4, 0.5) is 24.5 Å². The first kappa shape index (κ1) is 33.4. The fraction of sp³-hybridized carbons (Fsp3) is 0.500. The lowest BCUT2D eigenvalue weighted by Crippen LogP contribution is -2.56. The van der Waals surface area contributed by atoms with Crippen LogP contribution in [-0.2, 0) is 27.4 Å². The molecule has 2 atom stereocenters.